The smallest absolute Gasteiger partial charge is 0.224 e. The number of hydrogen-bond donors (Lipinski definition) is 3. The van der Waals surface area contributed by atoms with Gasteiger partial charge in [0.1, 0.15) is 24.3 Å². The fraction of sp³-hybridized carbons (Fsp3) is 0.353. The summed E-state index contributed by atoms with van der Waals surface area (Å²) in [5.41, 5.74) is 7.53. The Hall–Kier alpha value is -2.98. The van der Waals surface area contributed by atoms with E-state index in [1.807, 2.05) is 24.3 Å². The summed E-state index contributed by atoms with van der Waals surface area (Å²) < 4.78 is 26.3. The van der Waals surface area contributed by atoms with Gasteiger partial charge in [-0.2, -0.15) is 9.97 Å². The topological polar surface area (TPSA) is 120 Å². The molecule has 2 aromatic heterocycles. The molecular formula is C17H19FN6O3. The Morgan fingerprint density at radius 1 is 1.37 bits per heavy atom. The number of halogens is 1. The Morgan fingerprint density at radius 3 is 2.81 bits per heavy atom. The van der Waals surface area contributed by atoms with Gasteiger partial charge in [-0.05, 0) is 24.3 Å². The van der Waals surface area contributed by atoms with Crippen molar-refractivity contribution in [3.05, 3.63) is 30.6 Å². The Morgan fingerprint density at radius 2 is 2.15 bits per heavy atom. The molecule has 1 saturated heterocycles. The Labute approximate surface area is 154 Å². The summed E-state index contributed by atoms with van der Waals surface area (Å²) in [5, 5.41) is 12.4. The minimum absolute atomic E-state index is 0.0498. The highest BCUT2D eigenvalue weighted by Gasteiger charge is 2.36. The second-order valence-electron chi connectivity index (χ2n) is 6.17. The summed E-state index contributed by atoms with van der Waals surface area (Å²) in [6.07, 6.45) is -1.13. The van der Waals surface area contributed by atoms with Gasteiger partial charge in [-0.15, -0.1) is 0 Å². The van der Waals surface area contributed by atoms with E-state index in [2.05, 4.69) is 20.3 Å². The first-order valence-corrected chi connectivity index (χ1v) is 8.40. The molecule has 3 aromatic rings. The molecule has 27 heavy (non-hydrogen) atoms. The highest BCUT2D eigenvalue weighted by Crippen LogP contribution is 2.34. The van der Waals surface area contributed by atoms with Crippen molar-refractivity contribution < 1.29 is 19.0 Å². The summed E-state index contributed by atoms with van der Waals surface area (Å²) >= 11 is 0. The zero-order chi connectivity index (χ0) is 19.0. The van der Waals surface area contributed by atoms with Crippen LogP contribution >= 0.6 is 0 Å². The Kier molecular flexibility index (Phi) is 4.50. The molecule has 0 saturated carbocycles. The van der Waals surface area contributed by atoms with Gasteiger partial charge in [0.05, 0.1) is 20.0 Å². The monoisotopic (exact) mass is 374 g/mol. The highest BCUT2D eigenvalue weighted by atomic mass is 19.1. The number of nitrogens with two attached hydrogens (primary N) is 1. The largest absolute Gasteiger partial charge is 0.497 e. The first kappa shape index (κ1) is 17.4. The normalized spacial score (nSPS) is 22.3. The molecule has 10 heteroatoms. The molecule has 0 amide bonds. The predicted molar refractivity (Wildman–Crippen MR) is 96.5 cm³/mol. The van der Waals surface area contributed by atoms with Crippen molar-refractivity contribution in [3.63, 3.8) is 0 Å². The van der Waals surface area contributed by atoms with Gasteiger partial charge < -0.3 is 25.6 Å². The van der Waals surface area contributed by atoms with Crippen LogP contribution in [0, 0.1) is 0 Å². The molecule has 1 aromatic carbocycles. The number of nitrogens with zero attached hydrogens (tertiary/aromatic N) is 4. The van der Waals surface area contributed by atoms with Crippen molar-refractivity contribution in [1.82, 2.24) is 19.5 Å². The molecule has 1 aliphatic heterocycles. The van der Waals surface area contributed by atoms with E-state index >= 15 is 0 Å². The molecule has 3 heterocycles. The molecule has 0 aliphatic carbocycles. The van der Waals surface area contributed by atoms with Crippen molar-refractivity contribution in [2.45, 2.75) is 24.9 Å². The van der Waals surface area contributed by atoms with Crippen LogP contribution in [0.15, 0.2) is 30.6 Å². The fourth-order valence-corrected chi connectivity index (χ4v) is 3.07. The van der Waals surface area contributed by atoms with E-state index in [9.17, 15) is 9.50 Å². The lowest BCUT2D eigenvalue weighted by molar-refractivity contribution is -0.0323. The number of ether oxygens (including phenoxy) is 2. The minimum Gasteiger partial charge on any atom is -0.497 e. The molecule has 9 nitrogen and oxygen atoms in total. The van der Waals surface area contributed by atoms with Crippen molar-refractivity contribution in [3.8, 4) is 5.75 Å². The van der Waals surface area contributed by atoms with Gasteiger partial charge in [-0.3, -0.25) is 4.57 Å². The number of nitrogen functional groups attached to an aromatic ring is 1. The molecule has 0 radical (unpaired) electrons. The summed E-state index contributed by atoms with van der Waals surface area (Å²) in [4.78, 5) is 12.8. The SMILES string of the molecule is COc1ccc(Nc2nc(N)nc3c2ncn3C2C[C@H](F)[C@@H](CO)O2)cc1. The van der Waals surface area contributed by atoms with Gasteiger partial charge >= 0.3 is 0 Å². The molecule has 3 atom stereocenters. The summed E-state index contributed by atoms with van der Waals surface area (Å²) in [5.74, 6) is 1.21. The van der Waals surface area contributed by atoms with E-state index in [0.29, 0.717) is 17.0 Å². The van der Waals surface area contributed by atoms with Crippen LogP contribution in [0.3, 0.4) is 0 Å². The molecule has 0 bridgehead atoms. The van der Waals surface area contributed by atoms with Gasteiger partial charge in [-0.25, -0.2) is 9.37 Å². The highest BCUT2D eigenvalue weighted by molar-refractivity contribution is 5.86. The van der Waals surface area contributed by atoms with Crippen molar-refractivity contribution in [2.24, 2.45) is 0 Å². The van der Waals surface area contributed by atoms with Crippen LogP contribution in [0.4, 0.5) is 21.8 Å². The number of rotatable bonds is 5. The van der Waals surface area contributed by atoms with Crippen LogP contribution in [0.2, 0.25) is 0 Å². The zero-order valence-electron chi connectivity index (χ0n) is 14.5. The van der Waals surface area contributed by atoms with E-state index in [0.717, 1.165) is 11.4 Å². The average molecular weight is 374 g/mol. The van der Waals surface area contributed by atoms with Crippen molar-refractivity contribution >= 4 is 28.6 Å². The number of alkyl halides is 1. The van der Waals surface area contributed by atoms with Crippen LogP contribution in [0.5, 0.6) is 5.75 Å². The predicted octanol–water partition coefficient (Wildman–Crippen LogP) is 1.78. The van der Waals surface area contributed by atoms with Crippen LogP contribution in [-0.4, -0.2) is 50.6 Å². The van der Waals surface area contributed by atoms with E-state index in [1.54, 1.807) is 11.7 Å². The van der Waals surface area contributed by atoms with E-state index in [1.165, 1.54) is 6.33 Å². The lowest BCUT2D eigenvalue weighted by Gasteiger charge is -2.14. The fourth-order valence-electron chi connectivity index (χ4n) is 3.07. The van der Waals surface area contributed by atoms with Gasteiger partial charge in [-0.1, -0.05) is 0 Å². The zero-order valence-corrected chi connectivity index (χ0v) is 14.5. The molecule has 1 aliphatic rings. The molecule has 4 N–H and O–H groups in total. The number of nitrogens with one attached hydrogen (secondary N) is 1. The van der Waals surface area contributed by atoms with Gasteiger partial charge in [0.25, 0.3) is 0 Å². The number of fused-ring (bicyclic) bond motifs is 1. The van der Waals surface area contributed by atoms with Crippen LogP contribution < -0.4 is 15.8 Å². The molecule has 0 spiro atoms. The number of methoxy groups -OCH3 is 1. The van der Waals surface area contributed by atoms with Gasteiger partial charge in [0.15, 0.2) is 17.0 Å². The van der Waals surface area contributed by atoms with E-state index in [-0.39, 0.29) is 19.0 Å². The minimum atomic E-state index is -1.26. The third kappa shape index (κ3) is 3.24. The first-order valence-electron chi connectivity index (χ1n) is 8.40. The van der Waals surface area contributed by atoms with E-state index in [4.69, 9.17) is 15.2 Å². The van der Waals surface area contributed by atoms with Crippen molar-refractivity contribution in [1.29, 1.82) is 0 Å². The molecule has 1 unspecified atom stereocenters. The number of hydrogen-bond acceptors (Lipinski definition) is 8. The van der Waals surface area contributed by atoms with Gasteiger partial charge in [0.2, 0.25) is 5.95 Å². The molecule has 1 fully saturated rings. The van der Waals surface area contributed by atoms with E-state index < -0.39 is 18.5 Å². The number of aliphatic hydroxyl groups excluding tert-OH is 1. The van der Waals surface area contributed by atoms with Crippen LogP contribution in [0.25, 0.3) is 11.2 Å². The summed E-state index contributed by atoms with van der Waals surface area (Å²) in [6.45, 7) is -0.383. The molecule has 142 valence electrons. The lowest BCUT2D eigenvalue weighted by atomic mass is 10.2. The average Bonchev–Trinajstić information content (AvgIpc) is 3.25. The second-order valence-corrected chi connectivity index (χ2v) is 6.17. The van der Waals surface area contributed by atoms with Crippen molar-refractivity contribution in [2.75, 3.05) is 24.8 Å². The Balaban J connectivity index is 1.67. The van der Waals surface area contributed by atoms with Crippen LogP contribution in [-0.2, 0) is 4.74 Å². The lowest BCUT2D eigenvalue weighted by Crippen LogP contribution is -2.21. The third-order valence-electron chi connectivity index (χ3n) is 4.44. The maximum absolute atomic E-state index is 13.9. The number of benzene rings is 1. The first-order chi connectivity index (χ1) is 13.1. The maximum atomic E-state index is 13.9. The number of aromatic nitrogens is 4. The third-order valence-corrected chi connectivity index (χ3v) is 4.44. The number of aliphatic hydroxyl groups is 1. The summed E-state index contributed by atoms with van der Waals surface area (Å²) in [7, 11) is 1.60. The Bertz CT molecular complexity index is 948. The molecule has 4 rings (SSSR count). The molecular weight excluding hydrogens is 355 g/mol. The van der Waals surface area contributed by atoms with Gasteiger partial charge in [0, 0.05) is 12.1 Å². The maximum Gasteiger partial charge on any atom is 0.224 e. The second kappa shape index (κ2) is 6.97. The number of imidazole rings is 1. The quantitative estimate of drug-likeness (QED) is 0.618. The van der Waals surface area contributed by atoms with Crippen LogP contribution in [0.1, 0.15) is 12.6 Å². The summed E-state index contributed by atoms with van der Waals surface area (Å²) in [6, 6.07) is 7.29. The number of anilines is 3. The standard InChI is InChI=1S/C17H19FN6O3/c1-26-10-4-2-9(3-5-10)21-15-14-16(23-17(19)22-15)24(8-20-14)13-6-11(18)12(7-25)27-13/h2-5,8,11-13,25H,6-7H2,1H3,(H3,19,21,22,23)/t11-,12+,13?/m0/s1.